The van der Waals surface area contributed by atoms with E-state index in [9.17, 15) is 0 Å². The van der Waals surface area contributed by atoms with Gasteiger partial charge in [-0.25, -0.2) is 0 Å². The lowest BCUT2D eigenvalue weighted by Gasteiger charge is -2.21. The quantitative estimate of drug-likeness (QED) is 0.0702. The van der Waals surface area contributed by atoms with Crippen molar-refractivity contribution in [2.45, 2.75) is 78.1 Å². The fraction of sp³-hybridized carbons (Fsp3) is 0.240. The maximum Gasteiger partial charge on any atom is -0.00200 e. The summed E-state index contributed by atoms with van der Waals surface area (Å²) in [7, 11) is 0. The van der Waals surface area contributed by atoms with Crippen molar-refractivity contribution in [2.75, 3.05) is 0 Å². The Hall–Kier alpha value is -4.94. The van der Waals surface area contributed by atoms with E-state index < -0.39 is 0 Å². The van der Waals surface area contributed by atoms with Gasteiger partial charge in [-0.15, -0.1) is 0 Å². The van der Waals surface area contributed by atoms with Crippen molar-refractivity contribution in [3.63, 3.8) is 0 Å². The molecular formula is C50H48. The van der Waals surface area contributed by atoms with Gasteiger partial charge in [0.1, 0.15) is 0 Å². The lowest BCUT2D eigenvalue weighted by atomic mass is 9.82. The third-order valence-corrected chi connectivity index (χ3v) is 11.0. The third-order valence-electron chi connectivity index (χ3n) is 11.0. The SMILES string of the molecule is CCCCCCc1ccc2c(-c3cccc4c3ccc3cc5ccccc5cc34)c3cc(CCCCCC)ccc3c(-c3ccccc3)c2c1. The summed E-state index contributed by atoms with van der Waals surface area (Å²) >= 11 is 0. The minimum atomic E-state index is 1.12. The van der Waals surface area contributed by atoms with Gasteiger partial charge in [0, 0.05) is 0 Å². The average Bonchev–Trinajstić information content (AvgIpc) is 3.16. The summed E-state index contributed by atoms with van der Waals surface area (Å²) in [5.74, 6) is 0. The van der Waals surface area contributed by atoms with Crippen LogP contribution in [0.25, 0.3) is 76.1 Å². The molecular weight excluding hydrogens is 601 g/mol. The zero-order valence-electron chi connectivity index (χ0n) is 29.8. The summed E-state index contributed by atoms with van der Waals surface area (Å²) in [6.45, 7) is 4.59. The van der Waals surface area contributed by atoms with Crippen molar-refractivity contribution in [1.29, 1.82) is 0 Å². The van der Waals surface area contributed by atoms with E-state index >= 15 is 0 Å². The standard InChI is InChI=1S/C50H48/c1-3-5-7-10-17-35-26-29-45-47(31-35)49(37-19-12-9-13-20-37)44-28-25-36(18-11-8-6-4-2)32-48(44)50(45)43-24-16-23-41-42(43)30-27-40-33-38-21-14-15-22-39(38)34-46(40)41/h9,12-16,19-34H,3-8,10-11,17-18H2,1-2H3. The zero-order chi connectivity index (χ0) is 33.9. The number of hydrogen-bond acceptors (Lipinski definition) is 0. The van der Waals surface area contributed by atoms with Crippen LogP contribution in [0.5, 0.6) is 0 Å². The van der Waals surface area contributed by atoms with E-state index in [-0.39, 0.29) is 0 Å². The number of benzene rings is 8. The Kier molecular flexibility index (Phi) is 9.36. The van der Waals surface area contributed by atoms with E-state index in [2.05, 4.69) is 147 Å². The Labute approximate surface area is 297 Å². The molecule has 0 aliphatic rings. The highest BCUT2D eigenvalue weighted by atomic mass is 14.2. The van der Waals surface area contributed by atoms with Gasteiger partial charge in [0.2, 0.25) is 0 Å². The van der Waals surface area contributed by atoms with Crippen LogP contribution in [-0.2, 0) is 12.8 Å². The highest BCUT2D eigenvalue weighted by Gasteiger charge is 2.20. The summed E-state index contributed by atoms with van der Waals surface area (Å²) in [5, 5.41) is 13.3. The van der Waals surface area contributed by atoms with E-state index in [1.807, 2.05) is 0 Å². The third kappa shape index (κ3) is 6.18. The average molecular weight is 649 g/mol. The molecule has 0 N–H and O–H groups in total. The second-order valence-corrected chi connectivity index (χ2v) is 14.4. The molecule has 0 atom stereocenters. The highest BCUT2D eigenvalue weighted by molar-refractivity contribution is 6.25. The van der Waals surface area contributed by atoms with Crippen LogP contribution in [0.15, 0.2) is 133 Å². The molecule has 0 radical (unpaired) electrons. The first kappa shape index (κ1) is 32.3. The molecule has 0 saturated carbocycles. The van der Waals surface area contributed by atoms with Gasteiger partial charge in [-0.2, -0.15) is 0 Å². The minimum absolute atomic E-state index is 1.12. The molecule has 0 heterocycles. The lowest BCUT2D eigenvalue weighted by Crippen LogP contribution is -1.95. The van der Waals surface area contributed by atoms with Crippen LogP contribution in [0.2, 0.25) is 0 Å². The fourth-order valence-corrected chi connectivity index (χ4v) is 8.35. The smallest absolute Gasteiger partial charge is 0.00200 e. The van der Waals surface area contributed by atoms with Crippen LogP contribution < -0.4 is 0 Å². The largest absolute Gasteiger partial charge is 0.0654 e. The number of aryl methyl sites for hydroxylation is 2. The summed E-state index contributed by atoms with van der Waals surface area (Å²) < 4.78 is 0. The maximum atomic E-state index is 2.54. The fourth-order valence-electron chi connectivity index (χ4n) is 8.35. The Morgan fingerprint density at radius 2 is 0.940 bits per heavy atom. The van der Waals surface area contributed by atoms with Gasteiger partial charge in [0.05, 0.1) is 0 Å². The van der Waals surface area contributed by atoms with Crippen LogP contribution in [0.4, 0.5) is 0 Å². The molecule has 50 heavy (non-hydrogen) atoms. The Morgan fingerprint density at radius 3 is 1.62 bits per heavy atom. The van der Waals surface area contributed by atoms with Crippen molar-refractivity contribution in [1.82, 2.24) is 0 Å². The Bertz CT molecular complexity index is 2450. The van der Waals surface area contributed by atoms with E-state index in [1.54, 1.807) is 0 Å². The van der Waals surface area contributed by atoms with Gasteiger partial charge < -0.3 is 0 Å². The van der Waals surface area contributed by atoms with Crippen molar-refractivity contribution in [2.24, 2.45) is 0 Å². The van der Waals surface area contributed by atoms with Gasteiger partial charge in [-0.05, 0) is 125 Å². The zero-order valence-corrected chi connectivity index (χ0v) is 29.8. The molecule has 0 amide bonds. The summed E-state index contributed by atoms with van der Waals surface area (Å²) in [4.78, 5) is 0. The monoisotopic (exact) mass is 648 g/mol. The second-order valence-electron chi connectivity index (χ2n) is 14.4. The molecule has 0 unspecified atom stereocenters. The molecule has 8 aromatic rings. The predicted molar refractivity (Wildman–Crippen MR) is 221 cm³/mol. The van der Waals surface area contributed by atoms with Gasteiger partial charge in [0.15, 0.2) is 0 Å². The summed E-state index contributed by atoms with van der Waals surface area (Å²) in [6.07, 6.45) is 12.5. The van der Waals surface area contributed by atoms with E-state index in [0.717, 1.165) is 12.8 Å². The first-order valence-electron chi connectivity index (χ1n) is 19.1. The molecule has 0 bridgehead atoms. The molecule has 8 rings (SSSR count). The van der Waals surface area contributed by atoms with Crippen LogP contribution in [0.1, 0.15) is 76.3 Å². The summed E-state index contributed by atoms with van der Waals surface area (Å²) in [6, 6.07) is 51.1. The minimum Gasteiger partial charge on any atom is -0.0654 e. The molecule has 0 aliphatic carbocycles. The number of unbranched alkanes of at least 4 members (excludes halogenated alkanes) is 6. The highest BCUT2D eigenvalue weighted by Crippen LogP contribution is 2.46. The van der Waals surface area contributed by atoms with Gasteiger partial charge in [-0.1, -0.05) is 174 Å². The van der Waals surface area contributed by atoms with Crippen LogP contribution in [-0.4, -0.2) is 0 Å². The van der Waals surface area contributed by atoms with Crippen molar-refractivity contribution >= 4 is 53.9 Å². The molecule has 0 fully saturated rings. The molecule has 0 aromatic heterocycles. The first-order chi connectivity index (χ1) is 24.7. The number of fused-ring (bicyclic) bond motifs is 6. The number of hydrogen-bond donors (Lipinski definition) is 0. The van der Waals surface area contributed by atoms with E-state index in [4.69, 9.17) is 0 Å². The van der Waals surface area contributed by atoms with Gasteiger partial charge >= 0.3 is 0 Å². The molecule has 248 valence electrons. The lowest BCUT2D eigenvalue weighted by molar-refractivity contribution is 0.667. The van der Waals surface area contributed by atoms with Crippen LogP contribution >= 0.6 is 0 Å². The van der Waals surface area contributed by atoms with Gasteiger partial charge in [-0.3, -0.25) is 0 Å². The molecule has 0 spiro atoms. The topological polar surface area (TPSA) is 0 Å². The Balaban J connectivity index is 1.42. The molecule has 0 saturated heterocycles. The van der Waals surface area contributed by atoms with Crippen LogP contribution in [0, 0.1) is 0 Å². The van der Waals surface area contributed by atoms with Crippen LogP contribution in [0.3, 0.4) is 0 Å². The van der Waals surface area contributed by atoms with E-state index in [0.29, 0.717) is 0 Å². The second kappa shape index (κ2) is 14.5. The molecule has 8 aromatic carbocycles. The van der Waals surface area contributed by atoms with Gasteiger partial charge in [0.25, 0.3) is 0 Å². The Morgan fingerprint density at radius 1 is 0.340 bits per heavy atom. The molecule has 0 heteroatoms. The molecule has 0 aliphatic heterocycles. The normalized spacial score (nSPS) is 11.8. The predicted octanol–water partition coefficient (Wildman–Crippen LogP) is 15.0. The summed E-state index contributed by atoms with van der Waals surface area (Å²) in [5.41, 5.74) is 8.24. The maximum absolute atomic E-state index is 2.54. The van der Waals surface area contributed by atoms with Crippen molar-refractivity contribution < 1.29 is 0 Å². The van der Waals surface area contributed by atoms with Crippen molar-refractivity contribution in [3.8, 4) is 22.3 Å². The first-order valence-corrected chi connectivity index (χ1v) is 19.1. The van der Waals surface area contributed by atoms with E-state index in [1.165, 1.54) is 139 Å². The van der Waals surface area contributed by atoms with Crippen molar-refractivity contribution in [3.05, 3.63) is 145 Å². The molecule has 0 nitrogen and oxygen atoms in total. The number of rotatable bonds is 12.